The van der Waals surface area contributed by atoms with Crippen LogP contribution in [0.3, 0.4) is 0 Å². The highest BCUT2D eigenvalue weighted by Crippen LogP contribution is 2.25. The van der Waals surface area contributed by atoms with E-state index >= 15 is 0 Å². The fourth-order valence-corrected chi connectivity index (χ4v) is 2.83. The minimum atomic E-state index is -0.356. The van der Waals surface area contributed by atoms with Crippen molar-refractivity contribution in [3.05, 3.63) is 45.0 Å². The Bertz CT molecular complexity index is 627. The van der Waals surface area contributed by atoms with Crippen LogP contribution in [0.4, 0.5) is 16.5 Å². The molecule has 2 N–H and O–H groups in total. The molecule has 0 aliphatic rings. The minimum absolute atomic E-state index is 0.131. The number of hydrogen-bond donors (Lipinski definition) is 2. The number of nitrogens with zero attached hydrogens (tertiary/aromatic N) is 2. The third-order valence-corrected chi connectivity index (χ3v) is 4.15. The number of nitrogens with one attached hydrogen (secondary N) is 2. The number of nitro groups is 1. The highest BCUT2D eigenvalue weighted by molar-refractivity contribution is 7.15. The first kappa shape index (κ1) is 15.2. The van der Waals surface area contributed by atoms with Crippen LogP contribution in [-0.4, -0.2) is 23.5 Å². The lowest BCUT2D eigenvalue weighted by molar-refractivity contribution is -0.384. The second kappa shape index (κ2) is 7.03. The zero-order valence-electron chi connectivity index (χ0n) is 12.0. The Morgan fingerprint density at radius 2 is 2.19 bits per heavy atom. The number of aromatic nitrogens is 1. The summed E-state index contributed by atoms with van der Waals surface area (Å²) in [5.74, 6) is 0. The normalized spacial score (nSPS) is 10.4. The van der Waals surface area contributed by atoms with Crippen LogP contribution in [-0.2, 0) is 12.8 Å². The van der Waals surface area contributed by atoms with Gasteiger partial charge in [0.25, 0.3) is 5.69 Å². The molecule has 1 heterocycles. The predicted octanol–water partition coefficient (Wildman–Crippen LogP) is 3.31. The fourth-order valence-electron chi connectivity index (χ4n) is 2.06. The van der Waals surface area contributed by atoms with E-state index in [1.165, 1.54) is 6.07 Å². The summed E-state index contributed by atoms with van der Waals surface area (Å²) >= 11 is 1.61. The molecule has 0 aliphatic carbocycles. The van der Waals surface area contributed by atoms with Gasteiger partial charge in [-0.25, -0.2) is 4.98 Å². The maximum absolute atomic E-state index is 10.9. The van der Waals surface area contributed by atoms with Gasteiger partial charge in [-0.3, -0.25) is 10.1 Å². The monoisotopic (exact) mass is 306 g/mol. The average Bonchev–Trinajstić information content (AvgIpc) is 2.94. The molecule has 2 rings (SSSR count). The van der Waals surface area contributed by atoms with Crippen LogP contribution in [0.5, 0.6) is 0 Å². The standard InChI is InChI=1S/C14H18N4O2S/c1-3-16-13-7-5-11(18(19)20)8-10(13)4-6-12-9-17-14(15-2)21-12/h5,7-9,16H,3-4,6H2,1-2H3,(H,15,17). The SMILES string of the molecule is CCNc1ccc([N+](=O)[O-])cc1CCc1cnc(NC)s1. The molecule has 0 saturated carbocycles. The van der Waals surface area contributed by atoms with Crippen molar-refractivity contribution in [2.45, 2.75) is 19.8 Å². The number of thiazole rings is 1. The van der Waals surface area contributed by atoms with E-state index in [2.05, 4.69) is 15.6 Å². The minimum Gasteiger partial charge on any atom is -0.385 e. The summed E-state index contributed by atoms with van der Waals surface area (Å²) in [7, 11) is 1.84. The molecule has 0 saturated heterocycles. The Balaban J connectivity index is 2.15. The number of non-ortho nitro benzene ring substituents is 1. The van der Waals surface area contributed by atoms with E-state index in [9.17, 15) is 10.1 Å². The van der Waals surface area contributed by atoms with Crippen LogP contribution in [0.25, 0.3) is 0 Å². The van der Waals surface area contributed by atoms with E-state index in [4.69, 9.17) is 0 Å². The predicted molar refractivity (Wildman–Crippen MR) is 86.3 cm³/mol. The van der Waals surface area contributed by atoms with Crippen molar-refractivity contribution in [3.8, 4) is 0 Å². The first-order valence-electron chi connectivity index (χ1n) is 6.77. The van der Waals surface area contributed by atoms with Crippen molar-refractivity contribution in [2.75, 3.05) is 24.2 Å². The van der Waals surface area contributed by atoms with Gasteiger partial charge in [0.1, 0.15) is 0 Å². The van der Waals surface area contributed by atoms with E-state index in [1.54, 1.807) is 23.5 Å². The van der Waals surface area contributed by atoms with Gasteiger partial charge in [-0.15, -0.1) is 11.3 Å². The van der Waals surface area contributed by atoms with Gasteiger partial charge in [0.2, 0.25) is 0 Å². The molecule has 2 aromatic rings. The lowest BCUT2D eigenvalue weighted by Crippen LogP contribution is -2.03. The summed E-state index contributed by atoms with van der Waals surface area (Å²) in [5.41, 5.74) is 2.05. The van der Waals surface area contributed by atoms with E-state index in [0.29, 0.717) is 0 Å². The number of nitro benzene ring substituents is 1. The van der Waals surface area contributed by atoms with Gasteiger partial charge in [-0.1, -0.05) is 0 Å². The molecule has 21 heavy (non-hydrogen) atoms. The van der Waals surface area contributed by atoms with Crippen LogP contribution in [0.15, 0.2) is 24.4 Å². The summed E-state index contributed by atoms with van der Waals surface area (Å²) < 4.78 is 0. The molecule has 0 bridgehead atoms. The van der Waals surface area contributed by atoms with E-state index in [1.807, 2.05) is 20.2 Å². The van der Waals surface area contributed by atoms with Crippen molar-refractivity contribution >= 4 is 27.8 Å². The topological polar surface area (TPSA) is 80.1 Å². The molecule has 0 aliphatic heterocycles. The number of aryl methyl sites for hydroxylation is 2. The van der Waals surface area contributed by atoms with Gasteiger partial charge >= 0.3 is 0 Å². The summed E-state index contributed by atoms with van der Waals surface area (Å²) in [6, 6.07) is 4.97. The molecule has 0 amide bonds. The van der Waals surface area contributed by atoms with Gasteiger partial charge in [-0.2, -0.15) is 0 Å². The quantitative estimate of drug-likeness (QED) is 0.606. The molecule has 0 spiro atoms. The first-order chi connectivity index (χ1) is 10.1. The molecule has 112 valence electrons. The Morgan fingerprint density at radius 3 is 2.81 bits per heavy atom. The van der Waals surface area contributed by atoms with E-state index in [0.717, 1.165) is 40.6 Å². The molecule has 7 heteroatoms. The third kappa shape index (κ3) is 3.91. The van der Waals surface area contributed by atoms with Crippen LogP contribution >= 0.6 is 11.3 Å². The highest BCUT2D eigenvalue weighted by Gasteiger charge is 2.11. The zero-order chi connectivity index (χ0) is 15.2. The molecule has 1 aromatic heterocycles. The zero-order valence-corrected chi connectivity index (χ0v) is 12.9. The number of hydrogen-bond acceptors (Lipinski definition) is 6. The molecule has 0 fully saturated rings. The Kier molecular flexibility index (Phi) is 5.10. The second-order valence-corrected chi connectivity index (χ2v) is 5.63. The molecule has 0 atom stereocenters. The molecule has 6 nitrogen and oxygen atoms in total. The highest BCUT2D eigenvalue weighted by atomic mass is 32.1. The van der Waals surface area contributed by atoms with Crippen molar-refractivity contribution in [1.82, 2.24) is 4.98 Å². The average molecular weight is 306 g/mol. The van der Waals surface area contributed by atoms with Crippen molar-refractivity contribution in [3.63, 3.8) is 0 Å². The fraction of sp³-hybridized carbons (Fsp3) is 0.357. The molecule has 0 unspecified atom stereocenters. The van der Waals surface area contributed by atoms with Gasteiger partial charge in [0.15, 0.2) is 5.13 Å². The number of anilines is 2. The maximum Gasteiger partial charge on any atom is 0.269 e. The van der Waals surface area contributed by atoms with Gasteiger partial charge in [0, 0.05) is 42.5 Å². The smallest absolute Gasteiger partial charge is 0.269 e. The molecule has 1 aromatic carbocycles. The van der Waals surface area contributed by atoms with Crippen LogP contribution in [0.2, 0.25) is 0 Å². The van der Waals surface area contributed by atoms with Gasteiger partial charge in [0.05, 0.1) is 4.92 Å². The maximum atomic E-state index is 10.9. The lowest BCUT2D eigenvalue weighted by Gasteiger charge is -2.10. The van der Waals surface area contributed by atoms with Gasteiger partial charge < -0.3 is 10.6 Å². The molecule has 0 radical (unpaired) electrons. The number of benzene rings is 1. The largest absolute Gasteiger partial charge is 0.385 e. The summed E-state index contributed by atoms with van der Waals surface area (Å²) in [4.78, 5) is 15.9. The van der Waals surface area contributed by atoms with E-state index < -0.39 is 0 Å². The second-order valence-electron chi connectivity index (χ2n) is 4.51. The van der Waals surface area contributed by atoms with Crippen LogP contribution in [0, 0.1) is 10.1 Å². The number of rotatable bonds is 7. The Hall–Kier alpha value is -2.15. The van der Waals surface area contributed by atoms with E-state index in [-0.39, 0.29) is 10.6 Å². The van der Waals surface area contributed by atoms with Gasteiger partial charge in [-0.05, 0) is 31.4 Å². The van der Waals surface area contributed by atoms with Crippen LogP contribution in [0.1, 0.15) is 17.4 Å². The van der Waals surface area contributed by atoms with Crippen molar-refractivity contribution < 1.29 is 4.92 Å². The summed E-state index contributed by atoms with van der Waals surface area (Å²) in [6.45, 7) is 2.79. The van der Waals surface area contributed by atoms with Crippen molar-refractivity contribution in [1.29, 1.82) is 0 Å². The summed E-state index contributed by atoms with van der Waals surface area (Å²) in [6.07, 6.45) is 3.41. The third-order valence-electron chi connectivity index (χ3n) is 3.08. The first-order valence-corrected chi connectivity index (χ1v) is 7.59. The Morgan fingerprint density at radius 1 is 1.38 bits per heavy atom. The Labute approximate surface area is 127 Å². The lowest BCUT2D eigenvalue weighted by atomic mass is 10.1. The summed E-state index contributed by atoms with van der Waals surface area (Å²) in [5, 5.41) is 18.0. The molecular weight excluding hydrogens is 288 g/mol. The molecular formula is C14H18N4O2S. The van der Waals surface area contributed by atoms with Crippen molar-refractivity contribution in [2.24, 2.45) is 0 Å². The van der Waals surface area contributed by atoms with Crippen LogP contribution < -0.4 is 10.6 Å².